The molecule has 1 fully saturated rings. The molecule has 0 spiro atoms. The average molecular weight is 321 g/mol. The van der Waals surface area contributed by atoms with Crippen molar-refractivity contribution < 1.29 is 4.79 Å². The van der Waals surface area contributed by atoms with E-state index in [4.69, 9.17) is 0 Å². The summed E-state index contributed by atoms with van der Waals surface area (Å²) in [7, 11) is 4.10. The number of rotatable bonds is 3. The van der Waals surface area contributed by atoms with Crippen molar-refractivity contribution >= 4 is 5.91 Å². The second-order valence-electron chi connectivity index (χ2n) is 7.13. The number of carbonyl (C=O) groups excluding carboxylic acids is 1. The zero-order chi connectivity index (χ0) is 16.6. The second-order valence-corrected chi connectivity index (χ2v) is 7.13. The number of hydrogen-bond acceptors (Lipinski definition) is 4. The summed E-state index contributed by atoms with van der Waals surface area (Å²) in [5.74, 6) is 1.28. The van der Waals surface area contributed by atoms with Crippen molar-refractivity contribution in [1.82, 2.24) is 24.1 Å². The summed E-state index contributed by atoms with van der Waals surface area (Å²) in [5, 5.41) is 4.40. The number of nitrogens with zero attached hydrogens (tertiary/aromatic N) is 5. The van der Waals surface area contributed by atoms with Gasteiger partial charge in [0.2, 0.25) is 5.91 Å². The molecule has 2 aliphatic rings. The van der Waals surface area contributed by atoms with Gasteiger partial charge in [-0.3, -0.25) is 9.36 Å². The number of likely N-dealkylation sites (N-methyl/N-ethyl adjacent to an activating group) is 1. The van der Waals surface area contributed by atoms with Crippen LogP contribution >= 0.6 is 0 Å². The fraction of sp³-hybridized carbons (Fsp3) is 0.812. The molecule has 0 radical (unpaired) electrons. The molecule has 1 aromatic rings. The van der Waals surface area contributed by atoms with Crippen LogP contribution in [0.4, 0.5) is 0 Å². The highest BCUT2D eigenvalue weighted by molar-refractivity contribution is 5.76. The maximum atomic E-state index is 12.6. The third-order valence-electron chi connectivity index (χ3n) is 5.16. The summed E-state index contributed by atoms with van der Waals surface area (Å²) in [4.78, 5) is 29.0. The van der Waals surface area contributed by atoms with Crippen LogP contribution in [0.25, 0.3) is 0 Å². The van der Waals surface area contributed by atoms with Crippen molar-refractivity contribution in [2.45, 2.75) is 51.7 Å². The van der Waals surface area contributed by atoms with E-state index in [2.05, 4.69) is 16.9 Å². The molecule has 3 heterocycles. The van der Waals surface area contributed by atoms with Gasteiger partial charge in [0.1, 0.15) is 12.4 Å². The molecule has 3 rings (SSSR count). The number of hydrogen-bond donors (Lipinski definition) is 0. The number of amides is 1. The van der Waals surface area contributed by atoms with Gasteiger partial charge in [0.05, 0.1) is 0 Å². The molecule has 1 aromatic heterocycles. The van der Waals surface area contributed by atoms with E-state index in [1.54, 1.807) is 4.57 Å². The van der Waals surface area contributed by atoms with Crippen LogP contribution < -0.4 is 5.69 Å². The van der Waals surface area contributed by atoms with Gasteiger partial charge in [-0.05, 0) is 32.9 Å². The molecule has 0 bridgehead atoms. The average Bonchev–Trinajstić information content (AvgIpc) is 2.92. The molecular formula is C16H27N5O2. The minimum Gasteiger partial charge on any atom is -0.339 e. The molecule has 7 nitrogen and oxygen atoms in total. The van der Waals surface area contributed by atoms with Crippen molar-refractivity contribution in [3.63, 3.8) is 0 Å². The van der Waals surface area contributed by atoms with Crippen LogP contribution in [-0.4, -0.2) is 63.3 Å². The van der Waals surface area contributed by atoms with Crippen LogP contribution in [0.5, 0.6) is 0 Å². The van der Waals surface area contributed by atoms with Gasteiger partial charge < -0.3 is 9.80 Å². The molecule has 1 saturated heterocycles. The van der Waals surface area contributed by atoms with Crippen LogP contribution in [0.15, 0.2) is 4.79 Å². The van der Waals surface area contributed by atoms with E-state index in [9.17, 15) is 9.59 Å². The van der Waals surface area contributed by atoms with Crippen molar-refractivity contribution in [3.05, 3.63) is 16.3 Å². The Morgan fingerprint density at radius 3 is 2.74 bits per heavy atom. The normalized spacial score (nSPS) is 24.8. The summed E-state index contributed by atoms with van der Waals surface area (Å²) < 4.78 is 3.10. The highest BCUT2D eigenvalue weighted by Gasteiger charge is 2.34. The maximum Gasteiger partial charge on any atom is 0.346 e. The van der Waals surface area contributed by atoms with E-state index in [0.717, 1.165) is 51.1 Å². The van der Waals surface area contributed by atoms with E-state index < -0.39 is 0 Å². The van der Waals surface area contributed by atoms with E-state index in [0.29, 0.717) is 12.0 Å². The summed E-state index contributed by atoms with van der Waals surface area (Å²) in [5.41, 5.74) is -0.133. The predicted molar refractivity (Wildman–Crippen MR) is 87.3 cm³/mol. The predicted octanol–water partition coefficient (Wildman–Crippen LogP) is 0.180. The van der Waals surface area contributed by atoms with Gasteiger partial charge in [0, 0.05) is 32.1 Å². The minimum absolute atomic E-state index is 0.00319. The Kier molecular flexibility index (Phi) is 4.57. The van der Waals surface area contributed by atoms with Crippen molar-refractivity contribution in [3.8, 4) is 0 Å². The Morgan fingerprint density at radius 1 is 1.26 bits per heavy atom. The SMILES string of the molecule is C[C@H]1CN(C(=O)Cn2nc3n(c2=O)CCCCC3)C[C@H]1N(C)C. The van der Waals surface area contributed by atoms with E-state index >= 15 is 0 Å². The number of aromatic nitrogens is 3. The molecule has 0 unspecified atom stereocenters. The van der Waals surface area contributed by atoms with Gasteiger partial charge >= 0.3 is 5.69 Å². The number of likely N-dealkylation sites (tertiary alicyclic amines) is 1. The molecular weight excluding hydrogens is 294 g/mol. The minimum atomic E-state index is -0.133. The molecule has 23 heavy (non-hydrogen) atoms. The van der Waals surface area contributed by atoms with Gasteiger partial charge in [-0.15, -0.1) is 0 Å². The standard InChI is InChI=1S/C16H27N5O2/c1-12-9-19(10-13(12)18(2)3)15(22)11-21-16(23)20-8-6-4-5-7-14(20)17-21/h12-13H,4-11H2,1-3H3/t12-,13+/m0/s1. The Hall–Kier alpha value is -1.63. The molecule has 0 N–H and O–H groups in total. The molecule has 0 saturated carbocycles. The molecule has 128 valence electrons. The summed E-state index contributed by atoms with van der Waals surface area (Å²) >= 11 is 0. The number of carbonyl (C=O) groups is 1. The maximum absolute atomic E-state index is 12.6. The summed E-state index contributed by atoms with van der Waals surface area (Å²) in [6.45, 7) is 4.44. The van der Waals surface area contributed by atoms with E-state index in [1.165, 1.54) is 4.68 Å². The Balaban J connectivity index is 1.71. The lowest BCUT2D eigenvalue weighted by molar-refractivity contribution is -0.131. The van der Waals surface area contributed by atoms with Crippen LogP contribution in [-0.2, 0) is 24.3 Å². The van der Waals surface area contributed by atoms with E-state index in [1.807, 2.05) is 19.0 Å². The Morgan fingerprint density at radius 2 is 2.04 bits per heavy atom. The fourth-order valence-electron chi connectivity index (χ4n) is 3.78. The van der Waals surface area contributed by atoms with Crippen LogP contribution in [0.2, 0.25) is 0 Å². The first kappa shape index (κ1) is 16.2. The molecule has 2 atom stereocenters. The van der Waals surface area contributed by atoms with Gasteiger partial charge in [0.25, 0.3) is 0 Å². The molecule has 1 amide bonds. The third-order valence-corrected chi connectivity index (χ3v) is 5.16. The smallest absolute Gasteiger partial charge is 0.339 e. The lowest BCUT2D eigenvalue weighted by atomic mass is 10.1. The van der Waals surface area contributed by atoms with Crippen LogP contribution in [0.1, 0.15) is 32.0 Å². The Labute approximate surface area is 136 Å². The monoisotopic (exact) mass is 321 g/mol. The van der Waals surface area contributed by atoms with Crippen molar-refractivity contribution in [2.24, 2.45) is 5.92 Å². The highest BCUT2D eigenvalue weighted by Crippen LogP contribution is 2.20. The van der Waals surface area contributed by atoms with Crippen molar-refractivity contribution in [1.29, 1.82) is 0 Å². The largest absolute Gasteiger partial charge is 0.346 e. The Bertz CT molecular complexity index is 633. The fourth-order valence-corrected chi connectivity index (χ4v) is 3.78. The first-order valence-corrected chi connectivity index (χ1v) is 8.58. The summed E-state index contributed by atoms with van der Waals surface area (Å²) in [6, 6.07) is 0.384. The van der Waals surface area contributed by atoms with Gasteiger partial charge in [-0.25, -0.2) is 9.48 Å². The quantitative estimate of drug-likeness (QED) is 0.797. The lowest BCUT2D eigenvalue weighted by Gasteiger charge is -2.22. The summed E-state index contributed by atoms with van der Waals surface area (Å²) in [6.07, 6.45) is 4.05. The first-order chi connectivity index (χ1) is 11.0. The number of aryl methyl sites for hydroxylation is 1. The van der Waals surface area contributed by atoms with Crippen LogP contribution in [0, 0.1) is 5.92 Å². The molecule has 0 aliphatic carbocycles. The zero-order valence-corrected chi connectivity index (χ0v) is 14.4. The molecule has 7 heteroatoms. The van der Waals surface area contributed by atoms with Gasteiger partial charge in [0.15, 0.2) is 0 Å². The van der Waals surface area contributed by atoms with Gasteiger partial charge in [-0.2, -0.15) is 5.10 Å². The lowest BCUT2D eigenvalue weighted by Crippen LogP contribution is -2.38. The molecule has 0 aromatic carbocycles. The van der Waals surface area contributed by atoms with Crippen molar-refractivity contribution in [2.75, 3.05) is 27.2 Å². The second kappa shape index (κ2) is 6.47. The first-order valence-electron chi connectivity index (χ1n) is 8.58. The van der Waals surface area contributed by atoms with E-state index in [-0.39, 0.29) is 18.1 Å². The van der Waals surface area contributed by atoms with Crippen LogP contribution in [0.3, 0.4) is 0 Å². The topological polar surface area (TPSA) is 63.4 Å². The number of fused-ring (bicyclic) bond motifs is 1. The van der Waals surface area contributed by atoms with Gasteiger partial charge in [-0.1, -0.05) is 13.3 Å². The third kappa shape index (κ3) is 3.20. The molecule has 2 aliphatic heterocycles. The highest BCUT2D eigenvalue weighted by atomic mass is 16.2. The zero-order valence-electron chi connectivity index (χ0n) is 14.4.